The minimum absolute atomic E-state index is 0.00193. The lowest BCUT2D eigenvalue weighted by Crippen LogP contribution is -2.22. The van der Waals surface area contributed by atoms with Crippen LogP contribution in [0.4, 0.5) is 5.69 Å². The first kappa shape index (κ1) is 23.7. The molecule has 1 amide bonds. The lowest BCUT2D eigenvalue weighted by Gasteiger charge is -2.13. The number of carbonyl (C=O) groups is 1. The number of fused-ring (bicyclic) bond motifs is 1. The Kier molecular flexibility index (Phi) is 6.71. The third-order valence-electron chi connectivity index (χ3n) is 5.16. The normalized spacial score (nSPS) is 11.2. The molecule has 35 heavy (non-hydrogen) atoms. The number of carbonyl (C=O) groups excluding carboxylic acids is 1. The van der Waals surface area contributed by atoms with E-state index in [-0.39, 0.29) is 17.2 Å². The Balaban J connectivity index is 1.53. The molecule has 0 radical (unpaired) electrons. The molecule has 176 valence electrons. The van der Waals surface area contributed by atoms with E-state index in [2.05, 4.69) is 5.32 Å². The van der Waals surface area contributed by atoms with Crippen LogP contribution in [0.2, 0.25) is 10.0 Å². The predicted octanol–water partition coefficient (Wildman–Crippen LogP) is 7.05. The lowest BCUT2D eigenvalue weighted by atomic mass is 10.2. The monoisotopic (exact) mass is 541 g/mol. The summed E-state index contributed by atoms with van der Waals surface area (Å²) in [4.78, 5) is 31.8. The number of rotatable bonds is 6. The number of amides is 1. The van der Waals surface area contributed by atoms with Crippen LogP contribution in [0.1, 0.15) is 5.76 Å². The zero-order valence-electron chi connectivity index (χ0n) is 18.2. The molecule has 0 saturated heterocycles. The van der Waals surface area contributed by atoms with Crippen LogP contribution in [0.5, 0.6) is 0 Å². The maximum Gasteiger partial charge on any atom is 0.268 e. The third-order valence-corrected chi connectivity index (χ3v) is 7.60. The van der Waals surface area contributed by atoms with Gasteiger partial charge in [0.2, 0.25) is 5.91 Å². The van der Waals surface area contributed by atoms with Gasteiger partial charge in [0.1, 0.15) is 16.4 Å². The van der Waals surface area contributed by atoms with Gasteiger partial charge in [0.15, 0.2) is 5.16 Å². The highest BCUT2D eigenvalue weighted by molar-refractivity contribution is 7.99. The smallest absolute Gasteiger partial charge is 0.268 e. The molecule has 0 aliphatic carbocycles. The fraction of sp³-hybridized carbons (Fsp3) is 0.0800. The highest BCUT2D eigenvalue weighted by Gasteiger charge is 2.21. The van der Waals surface area contributed by atoms with Gasteiger partial charge in [-0.3, -0.25) is 14.2 Å². The van der Waals surface area contributed by atoms with Crippen LogP contribution in [0, 0.1) is 6.92 Å². The maximum absolute atomic E-state index is 13.8. The van der Waals surface area contributed by atoms with E-state index in [0.29, 0.717) is 48.1 Å². The summed E-state index contributed by atoms with van der Waals surface area (Å²) in [6.07, 6.45) is 0. The minimum atomic E-state index is -0.322. The van der Waals surface area contributed by atoms with Gasteiger partial charge in [0.05, 0.1) is 32.6 Å². The number of halogens is 2. The number of nitrogens with one attached hydrogen (secondary N) is 1. The lowest BCUT2D eigenvalue weighted by molar-refractivity contribution is -0.113. The molecule has 0 saturated carbocycles. The fourth-order valence-electron chi connectivity index (χ4n) is 3.56. The summed E-state index contributed by atoms with van der Waals surface area (Å²) in [5.74, 6) is 1.05. The zero-order valence-corrected chi connectivity index (χ0v) is 21.4. The largest absolute Gasteiger partial charge is 0.461 e. The summed E-state index contributed by atoms with van der Waals surface area (Å²) in [6, 6.07) is 17.9. The summed E-state index contributed by atoms with van der Waals surface area (Å²) in [6.45, 7) is 1.86. The zero-order chi connectivity index (χ0) is 24.5. The van der Waals surface area contributed by atoms with E-state index >= 15 is 0 Å². The number of benzene rings is 2. The van der Waals surface area contributed by atoms with E-state index in [4.69, 9.17) is 32.6 Å². The average Bonchev–Trinajstić information content (AvgIpc) is 3.47. The van der Waals surface area contributed by atoms with Gasteiger partial charge in [0, 0.05) is 10.9 Å². The van der Waals surface area contributed by atoms with Crippen LogP contribution >= 0.6 is 46.3 Å². The number of anilines is 1. The standard InChI is InChI=1S/C25H17Cl2N3O3S2/c1-14-10-11-19(33-14)16-12-34-23-21(16)24(32)30(15-6-3-2-4-7-15)25(29-23)35-13-20(31)28-22-17(26)8-5-9-18(22)27/h2-12H,13H2,1H3,(H,28,31). The molecular formula is C25H17Cl2N3O3S2. The number of furan rings is 1. The molecule has 0 spiro atoms. The quantitative estimate of drug-likeness (QED) is 0.184. The SMILES string of the molecule is Cc1ccc(-c2csc3nc(SCC(=O)Nc4c(Cl)cccc4Cl)n(-c4ccccc4)c(=O)c23)o1. The van der Waals surface area contributed by atoms with E-state index < -0.39 is 0 Å². The van der Waals surface area contributed by atoms with Crippen LogP contribution in [0.3, 0.4) is 0 Å². The molecular weight excluding hydrogens is 525 g/mol. The molecule has 6 nitrogen and oxygen atoms in total. The van der Waals surface area contributed by atoms with Crippen molar-refractivity contribution in [2.24, 2.45) is 0 Å². The molecule has 0 unspecified atom stereocenters. The fourth-order valence-corrected chi connectivity index (χ4v) is 5.83. The number of aryl methyl sites for hydroxylation is 1. The summed E-state index contributed by atoms with van der Waals surface area (Å²) in [7, 11) is 0. The minimum Gasteiger partial charge on any atom is -0.461 e. The van der Waals surface area contributed by atoms with E-state index in [9.17, 15) is 9.59 Å². The van der Waals surface area contributed by atoms with Gasteiger partial charge in [-0.15, -0.1) is 11.3 Å². The van der Waals surface area contributed by atoms with Gasteiger partial charge < -0.3 is 9.73 Å². The summed E-state index contributed by atoms with van der Waals surface area (Å²) < 4.78 is 7.30. The van der Waals surface area contributed by atoms with Crippen molar-refractivity contribution in [2.75, 3.05) is 11.1 Å². The third kappa shape index (κ3) is 4.75. The highest BCUT2D eigenvalue weighted by Crippen LogP contribution is 2.34. The molecule has 0 aliphatic heterocycles. The first-order chi connectivity index (χ1) is 16.9. The highest BCUT2D eigenvalue weighted by atomic mass is 35.5. The molecule has 3 heterocycles. The Morgan fingerprint density at radius 3 is 2.51 bits per heavy atom. The molecule has 0 atom stereocenters. The Morgan fingerprint density at radius 2 is 1.83 bits per heavy atom. The van der Waals surface area contributed by atoms with Crippen molar-refractivity contribution in [3.05, 3.63) is 92.2 Å². The van der Waals surface area contributed by atoms with Crippen molar-refractivity contribution in [1.82, 2.24) is 9.55 Å². The van der Waals surface area contributed by atoms with Gasteiger partial charge in [-0.05, 0) is 43.3 Å². The first-order valence-corrected chi connectivity index (χ1v) is 13.1. The van der Waals surface area contributed by atoms with E-state index in [1.54, 1.807) is 18.2 Å². The molecule has 5 aromatic rings. The Labute approximate surface area is 218 Å². The van der Waals surface area contributed by atoms with Crippen LogP contribution in [-0.2, 0) is 4.79 Å². The molecule has 5 rings (SSSR count). The molecule has 0 fully saturated rings. The second-order valence-corrected chi connectivity index (χ2v) is 10.2. The second kappa shape index (κ2) is 9.91. The van der Waals surface area contributed by atoms with Crippen LogP contribution in [0.25, 0.3) is 27.2 Å². The van der Waals surface area contributed by atoms with Crippen molar-refractivity contribution < 1.29 is 9.21 Å². The van der Waals surface area contributed by atoms with E-state index in [1.165, 1.54) is 15.9 Å². The molecule has 3 aromatic heterocycles. The molecule has 0 aliphatic rings. The van der Waals surface area contributed by atoms with Gasteiger partial charge >= 0.3 is 0 Å². The second-order valence-electron chi connectivity index (χ2n) is 7.54. The van der Waals surface area contributed by atoms with Crippen LogP contribution < -0.4 is 10.9 Å². The van der Waals surface area contributed by atoms with Gasteiger partial charge in [-0.2, -0.15) is 0 Å². The molecule has 2 aromatic carbocycles. The molecule has 10 heteroatoms. The predicted molar refractivity (Wildman–Crippen MR) is 143 cm³/mol. The Hall–Kier alpha value is -3.04. The van der Waals surface area contributed by atoms with Gasteiger partial charge in [-0.1, -0.05) is 59.2 Å². The molecule has 1 N–H and O–H groups in total. The maximum atomic E-state index is 13.8. The van der Waals surface area contributed by atoms with Crippen molar-refractivity contribution in [2.45, 2.75) is 12.1 Å². The van der Waals surface area contributed by atoms with E-state index in [0.717, 1.165) is 17.5 Å². The number of hydrogen-bond donors (Lipinski definition) is 1. The number of nitrogens with zero attached hydrogens (tertiary/aromatic N) is 2. The van der Waals surface area contributed by atoms with Crippen LogP contribution in [-0.4, -0.2) is 21.2 Å². The van der Waals surface area contributed by atoms with Crippen LogP contribution in [0.15, 0.2) is 80.4 Å². The number of hydrogen-bond acceptors (Lipinski definition) is 6. The Morgan fingerprint density at radius 1 is 1.09 bits per heavy atom. The summed E-state index contributed by atoms with van der Waals surface area (Å²) in [5, 5.41) is 6.17. The average molecular weight is 542 g/mol. The number of thioether (sulfide) groups is 1. The summed E-state index contributed by atoms with van der Waals surface area (Å²) in [5.41, 5.74) is 1.46. The van der Waals surface area contributed by atoms with Crippen molar-refractivity contribution >= 4 is 68.1 Å². The van der Waals surface area contributed by atoms with Gasteiger partial charge in [0.25, 0.3) is 5.56 Å². The van der Waals surface area contributed by atoms with Gasteiger partial charge in [-0.25, -0.2) is 4.98 Å². The number of para-hydroxylation sites is 2. The first-order valence-electron chi connectivity index (χ1n) is 10.5. The summed E-state index contributed by atoms with van der Waals surface area (Å²) >= 11 is 14.8. The van der Waals surface area contributed by atoms with Crippen molar-refractivity contribution in [1.29, 1.82) is 0 Å². The van der Waals surface area contributed by atoms with Crippen molar-refractivity contribution in [3.63, 3.8) is 0 Å². The number of thiophene rings is 1. The molecule has 0 bridgehead atoms. The van der Waals surface area contributed by atoms with Crippen molar-refractivity contribution in [3.8, 4) is 17.0 Å². The topological polar surface area (TPSA) is 77.1 Å². The number of aromatic nitrogens is 2. The van der Waals surface area contributed by atoms with E-state index in [1.807, 2.05) is 54.8 Å². The Bertz CT molecular complexity index is 1590.